The fourth-order valence-corrected chi connectivity index (χ4v) is 3.48. The maximum Gasteiger partial charge on any atom is 0.111 e. The van der Waals surface area contributed by atoms with Crippen molar-refractivity contribution in [2.75, 3.05) is 5.88 Å². The standard InChI is InChI=1S/C15H17Cl3N2/c1-15(2,9-3-4-9)20-13-8-11(18)10(17)7-12(13)19-14(20)5-6-16/h7-9H,3-6H2,1-2H3. The maximum absolute atomic E-state index is 6.19. The van der Waals surface area contributed by atoms with Gasteiger partial charge in [0.25, 0.3) is 0 Å². The average Bonchev–Trinajstić information content (AvgIpc) is 3.15. The van der Waals surface area contributed by atoms with Gasteiger partial charge in [0.2, 0.25) is 0 Å². The van der Waals surface area contributed by atoms with E-state index in [1.165, 1.54) is 12.8 Å². The van der Waals surface area contributed by atoms with Crippen LogP contribution in [-0.4, -0.2) is 15.4 Å². The van der Waals surface area contributed by atoms with Crippen LogP contribution in [-0.2, 0) is 12.0 Å². The second-order valence-corrected chi connectivity index (χ2v) is 7.18. The smallest absolute Gasteiger partial charge is 0.111 e. The maximum atomic E-state index is 6.19. The van der Waals surface area contributed by atoms with Gasteiger partial charge in [-0.15, -0.1) is 11.6 Å². The Morgan fingerprint density at radius 1 is 1.25 bits per heavy atom. The highest BCUT2D eigenvalue weighted by molar-refractivity contribution is 6.42. The Balaban J connectivity index is 2.25. The number of fused-ring (bicyclic) bond motifs is 1. The van der Waals surface area contributed by atoms with Gasteiger partial charge < -0.3 is 4.57 Å². The molecule has 1 aromatic carbocycles. The molecule has 0 spiro atoms. The molecule has 0 atom stereocenters. The fourth-order valence-electron chi connectivity index (χ4n) is 2.99. The molecular formula is C15H17Cl3N2. The summed E-state index contributed by atoms with van der Waals surface area (Å²) >= 11 is 18.2. The van der Waals surface area contributed by atoms with E-state index in [2.05, 4.69) is 18.4 Å². The minimum Gasteiger partial charge on any atom is -0.322 e. The molecule has 1 aliphatic rings. The second kappa shape index (κ2) is 5.08. The van der Waals surface area contributed by atoms with E-state index in [0.717, 1.165) is 23.3 Å². The van der Waals surface area contributed by atoms with Crippen molar-refractivity contribution < 1.29 is 0 Å². The number of alkyl halides is 1. The summed E-state index contributed by atoms with van der Waals surface area (Å²) < 4.78 is 2.31. The number of hydrogen-bond acceptors (Lipinski definition) is 1. The first-order valence-electron chi connectivity index (χ1n) is 6.88. The fraction of sp³-hybridized carbons (Fsp3) is 0.533. The third kappa shape index (κ3) is 2.32. The summed E-state index contributed by atoms with van der Waals surface area (Å²) in [6.45, 7) is 4.54. The topological polar surface area (TPSA) is 17.8 Å². The summed E-state index contributed by atoms with van der Waals surface area (Å²) in [5.41, 5.74) is 1.98. The summed E-state index contributed by atoms with van der Waals surface area (Å²) in [5.74, 6) is 2.28. The van der Waals surface area contributed by atoms with Crippen molar-refractivity contribution in [3.8, 4) is 0 Å². The molecule has 0 saturated heterocycles. The molecule has 1 aliphatic carbocycles. The molecule has 1 saturated carbocycles. The number of aromatic nitrogens is 2. The molecule has 108 valence electrons. The number of hydrogen-bond donors (Lipinski definition) is 0. The molecule has 0 unspecified atom stereocenters. The van der Waals surface area contributed by atoms with Gasteiger partial charge in [0.15, 0.2) is 0 Å². The zero-order valence-corrected chi connectivity index (χ0v) is 13.9. The van der Waals surface area contributed by atoms with Crippen LogP contribution in [0.5, 0.6) is 0 Å². The third-order valence-corrected chi connectivity index (χ3v) is 5.15. The minimum atomic E-state index is 0.0350. The Labute approximate surface area is 134 Å². The Hall–Kier alpha value is -0.440. The first kappa shape index (κ1) is 14.5. The van der Waals surface area contributed by atoms with Gasteiger partial charge in [0.1, 0.15) is 5.82 Å². The highest BCUT2D eigenvalue weighted by Gasteiger charge is 2.41. The Bertz CT molecular complexity index is 657. The molecule has 1 fully saturated rings. The Kier molecular flexibility index (Phi) is 3.68. The number of aryl methyl sites for hydroxylation is 1. The van der Waals surface area contributed by atoms with E-state index in [1.807, 2.05) is 12.1 Å². The lowest BCUT2D eigenvalue weighted by atomic mass is 9.97. The number of rotatable bonds is 4. The normalized spacial score (nSPS) is 16.1. The molecule has 0 amide bonds. The highest BCUT2D eigenvalue weighted by Crippen LogP contribution is 2.46. The van der Waals surface area contributed by atoms with Crippen LogP contribution in [0.3, 0.4) is 0 Å². The summed E-state index contributed by atoms with van der Waals surface area (Å²) in [6, 6.07) is 3.77. The first-order valence-corrected chi connectivity index (χ1v) is 8.17. The largest absolute Gasteiger partial charge is 0.322 e. The number of benzene rings is 1. The minimum absolute atomic E-state index is 0.0350. The van der Waals surface area contributed by atoms with E-state index in [9.17, 15) is 0 Å². The Morgan fingerprint density at radius 2 is 1.90 bits per heavy atom. The molecule has 3 rings (SSSR count). The van der Waals surface area contributed by atoms with Gasteiger partial charge in [-0.05, 0) is 44.7 Å². The van der Waals surface area contributed by atoms with E-state index in [0.29, 0.717) is 21.8 Å². The van der Waals surface area contributed by atoms with Gasteiger partial charge in [-0.2, -0.15) is 0 Å². The molecule has 20 heavy (non-hydrogen) atoms. The highest BCUT2D eigenvalue weighted by atomic mass is 35.5. The average molecular weight is 332 g/mol. The van der Waals surface area contributed by atoms with Crippen molar-refractivity contribution in [2.24, 2.45) is 5.92 Å². The summed E-state index contributed by atoms with van der Waals surface area (Å²) in [6.07, 6.45) is 3.30. The molecule has 0 radical (unpaired) electrons. The van der Waals surface area contributed by atoms with Gasteiger partial charge in [-0.1, -0.05) is 23.2 Å². The van der Waals surface area contributed by atoms with Crippen LogP contribution in [0.2, 0.25) is 10.0 Å². The quantitative estimate of drug-likeness (QED) is 0.698. The third-order valence-electron chi connectivity index (χ3n) is 4.24. The zero-order chi connectivity index (χ0) is 14.5. The monoisotopic (exact) mass is 330 g/mol. The summed E-state index contributed by atoms with van der Waals surface area (Å²) in [7, 11) is 0. The van der Waals surface area contributed by atoms with Crippen LogP contribution in [0, 0.1) is 5.92 Å². The van der Waals surface area contributed by atoms with E-state index >= 15 is 0 Å². The van der Waals surface area contributed by atoms with Gasteiger partial charge in [-0.25, -0.2) is 4.98 Å². The summed E-state index contributed by atoms with van der Waals surface area (Å²) in [5, 5.41) is 1.12. The van der Waals surface area contributed by atoms with Crippen LogP contribution >= 0.6 is 34.8 Å². The van der Waals surface area contributed by atoms with E-state index in [4.69, 9.17) is 39.8 Å². The van der Waals surface area contributed by atoms with Gasteiger partial charge in [0.05, 0.1) is 21.1 Å². The van der Waals surface area contributed by atoms with E-state index in [-0.39, 0.29) is 5.54 Å². The lowest BCUT2D eigenvalue weighted by Crippen LogP contribution is -2.30. The van der Waals surface area contributed by atoms with Crippen LogP contribution in [0.15, 0.2) is 12.1 Å². The Morgan fingerprint density at radius 3 is 2.50 bits per heavy atom. The van der Waals surface area contributed by atoms with Gasteiger partial charge in [0, 0.05) is 17.8 Å². The van der Waals surface area contributed by atoms with Crippen LogP contribution in [0.25, 0.3) is 11.0 Å². The second-order valence-electron chi connectivity index (χ2n) is 5.99. The SMILES string of the molecule is CC(C)(C1CC1)n1c(CCCl)nc2cc(Cl)c(Cl)cc21. The van der Waals surface area contributed by atoms with Gasteiger partial charge >= 0.3 is 0 Å². The van der Waals surface area contributed by atoms with Crippen molar-refractivity contribution in [3.63, 3.8) is 0 Å². The van der Waals surface area contributed by atoms with Crippen molar-refractivity contribution in [1.82, 2.24) is 9.55 Å². The number of halogens is 3. The van der Waals surface area contributed by atoms with Crippen molar-refractivity contribution >= 4 is 45.8 Å². The molecule has 0 N–H and O–H groups in total. The molecule has 2 aromatic rings. The number of nitrogens with zero attached hydrogens (tertiary/aromatic N) is 2. The van der Waals surface area contributed by atoms with E-state index in [1.54, 1.807) is 0 Å². The summed E-state index contributed by atoms with van der Waals surface area (Å²) in [4.78, 5) is 4.72. The van der Waals surface area contributed by atoms with Crippen LogP contribution in [0.1, 0.15) is 32.5 Å². The molecule has 5 heteroatoms. The molecule has 0 aliphatic heterocycles. The van der Waals surface area contributed by atoms with Gasteiger partial charge in [-0.3, -0.25) is 0 Å². The zero-order valence-electron chi connectivity index (χ0n) is 11.6. The molecular weight excluding hydrogens is 315 g/mol. The van der Waals surface area contributed by atoms with Crippen LogP contribution in [0.4, 0.5) is 0 Å². The lowest BCUT2D eigenvalue weighted by molar-refractivity contribution is 0.305. The van der Waals surface area contributed by atoms with Crippen LogP contribution < -0.4 is 0 Å². The van der Waals surface area contributed by atoms with Crippen molar-refractivity contribution in [3.05, 3.63) is 28.0 Å². The number of imidazole rings is 1. The predicted octanol–water partition coefficient (Wildman–Crippen LogP) is 5.27. The lowest BCUT2D eigenvalue weighted by Gasteiger charge is -2.29. The van der Waals surface area contributed by atoms with Crippen molar-refractivity contribution in [1.29, 1.82) is 0 Å². The van der Waals surface area contributed by atoms with Crippen molar-refractivity contribution in [2.45, 2.75) is 38.6 Å². The van der Waals surface area contributed by atoms with E-state index < -0.39 is 0 Å². The molecule has 1 heterocycles. The molecule has 1 aromatic heterocycles. The first-order chi connectivity index (χ1) is 9.45. The molecule has 0 bridgehead atoms. The molecule has 2 nitrogen and oxygen atoms in total. The predicted molar refractivity (Wildman–Crippen MR) is 86.2 cm³/mol.